The number of carbonyl (C=O) groups excluding carboxylic acids is 2. The van der Waals surface area contributed by atoms with Crippen molar-refractivity contribution in [1.82, 2.24) is 9.13 Å². The standard InChI is InChI=1S/C23H29N4O3/c1-15(12-24)23(29)30-14-27-11-10-26(16(27)2)13-17-8-9-20-21(22(17)28)18-6-4-5-7-19(18)25(20)3/h4-7,10-11,15,17H,8-9,12-14,24H2,1-3H3/q+1. The number of hydrogen-bond acceptors (Lipinski definition) is 4. The first-order chi connectivity index (χ1) is 14.4. The molecule has 2 aromatic heterocycles. The Bertz CT molecular complexity index is 1110. The summed E-state index contributed by atoms with van der Waals surface area (Å²) in [5.74, 6) is 0.476. The largest absolute Gasteiger partial charge is 0.424 e. The summed E-state index contributed by atoms with van der Waals surface area (Å²) in [6, 6.07) is 8.12. The average Bonchev–Trinajstić information content (AvgIpc) is 3.25. The molecular formula is C23H29N4O3+. The van der Waals surface area contributed by atoms with Crippen molar-refractivity contribution in [2.45, 2.75) is 40.0 Å². The third kappa shape index (κ3) is 3.43. The van der Waals surface area contributed by atoms with Gasteiger partial charge in [-0.2, -0.15) is 4.57 Å². The molecule has 7 heteroatoms. The van der Waals surface area contributed by atoms with Gasteiger partial charge in [-0.3, -0.25) is 9.59 Å². The number of aryl methyl sites for hydroxylation is 1. The lowest BCUT2D eigenvalue weighted by molar-refractivity contribution is -0.732. The molecule has 158 valence electrons. The van der Waals surface area contributed by atoms with Gasteiger partial charge in [0, 0.05) is 42.7 Å². The van der Waals surface area contributed by atoms with Crippen LogP contribution in [0.15, 0.2) is 36.7 Å². The quantitative estimate of drug-likeness (QED) is 0.499. The number of aromatic nitrogens is 3. The molecule has 0 radical (unpaired) electrons. The van der Waals surface area contributed by atoms with Crippen LogP contribution in [-0.4, -0.2) is 27.4 Å². The molecule has 4 rings (SSSR count). The Hall–Kier alpha value is -2.93. The highest BCUT2D eigenvalue weighted by Crippen LogP contribution is 2.34. The molecule has 3 aromatic rings. The first-order valence-corrected chi connectivity index (χ1v) is 10.4. The third-order valence-electron chi connectivity index (χ3n) is 6.35. The predicted molar refractivity (Wildman–Crippen MR) is 113 cm³/mol. The van der Waals surface area contributed by atoms with Crippen LogP contribution in [0.1, 0.15) is 35.2 Å². The van der Waals surface area contributed by atoms with Crippen molar-refractivity contribution in [3.05, 3.63) is 53.7 Å². The molecule has 1 aromatic carbocycles. The van der Waals surface area contributed by atoms with Crippen LogP contribution in [0.3, 0.4) is 0 Å². The van der Waals surface area contributed by atoms with Crippen LogP contribution >= 0.6 is 0 Å². The van der Waals surface area contributed by atoms with Gasteiger partial charge in [0.15, 0.2) is 5.78 Å². The molecule has 2 heterocycles. The van der Waals surface area contributed by atoms with E-state index in [0.29, 0.717) is 6.54 Å². The molecule has 1 aliphatic rings. The van der Waals surface area contributed by atoms with E-state index in [1.165, 1.54) is 0 Å². The highest BCUT2D eigenvalue weighted by Gasteiger charge is 2.34. The van der Waals surface area contributed by atoms with E-state index in [9.17, 15) is 9.59 Å². The molecule has 0 saturated heterocycles. The Morgan fingerprint density at radius 1 is 1.37 bits per heavy atom. The van der Waals surface area contributed by atoms with E-state index in [-0.39, 0.29) is 36.9 Å². The number of Topliss-reactive ketones (excluding diaryl/α,β-unsaturated/α-hetero) is 1. The Kier molecular flexibility index (Phi) is 5.47. The zero-order valence-corrected chi connectivity index (χ0v) is 17.8. The van der Waals surface area contributed by atoms with Gasteiger partial charge in [-0.05, 0) is 18.9 Å². The van der Waals surface area contributed by atoms with Gasteiger partial charge in [-0.25, -0.2) is 4.57 Å². The van der Waals surface area contributed by atoms with Crippen LogP contribution in [0.5, 0.6) is 0 Å². The number of nitrogens with two attached hydrogens (primary N) is 1. The minimum Gasteiger partial charge on any atom is -0.424 e. The van der Waals surface area contributed by atoms with Crippen molar-refractivity contribution in [1.29, 1.82) is 0 Å². The van der Waals surface area contributed by atoms with Crippen molar-refractivity contribution in [2.24, 2.45) is 24.6 Å². The molecule has 7 nitrogen and oxygen atoms in total. The molecule has 0 amide bonds. The van der Waals surface area contributed by atoms with Gasteiger partial charge in [0.2, 0.25) is 6.73 Å². The lowest BCUT2D eigenvalue weighted by atomic mass is 9.85. The maximum absolute atomic E-state index is 13.4. The normalized spacial score (nSPS) is 17.2. The highest BCUT2D eigenvalue weighted by atomic mass is 16.5. The summed E-state index contributed by atoms with van der Waals surface area (Å²) < 4.78 is 11.4. The smallest absolute Gasteiger partial charge is 0.313 e. The van der Waals surface area contributed by atoms with Crippen molar-refractivity contribution in [2.75, 3.05) is 6.54 Å². The van der Waals surface area contributed by atoms with Crippen LogP contribution in [0.2, 0.25) is 0 Å². The fourth-order valence-electron chi connectivity index (χ4n) is 4.31. The van der Waals surface area contributed by atoms with Crippen molar-refractivity contribution in [3.8, 4) is 0 Å². The topological polar surface area (TPSA) is 83.1 Å². The van der Waals surface area contributed by atoms with Crippen molar-refractivity contribution < 1.29 is 18.9 Å². The molecule has 2 N–H and O–H groups in total. The van der Waals surface area contributed by atoms with E-state index in [0.717, 1.165) is 40.8 Å². The predicted octanol–water partition coefficient (Wildman–Crippen LogP) is 2.12. The molecule has 30 heavy (non-hydrogen) atoms. The number of ether oxygens (including phenoxy) is 1. The Morgan fingerprint density at radius 2 is 2.13 bits per heavy atom. The zero-order chi connectivity index (χ0) is 21.4. The Morgan fingerprint density at radius 3 is 2.90 bits per heavy atom. The lowest BCUT2D eigenvalue weighted by Gasteiger charge is -2.21. The summed E-state index contributed by atoms with van der Waals surface area (Å²) in [5, 5.41) is 1.05. The molecule has 2 atom stereocenters. The molecule has 0 fully saturated rings. The number of imidazole rings is 1. The number of carbonyl (C=O) groups is 2. The number of hydrogen-bond donors (Lipinski definition) is 1. The van der Waals surface area contributed by atoms with Crippen LogP contribution in [-0.2, 0) is 36.3 Å². The van der Waals surface area contributed by atoms with E-state index >= 15 is 0 Å². The number of benzene rings is 1. The molecule has 0 aliphatic heterocycles. The maximum Gasteiger partial charge on any atom is 0.313 e. The molecule has 0 saturated carbocycles. The summed E-state index contributed by atoms with van der Waals surface area (Å²) >= 11 is 0. The first kappa shape index (κ1) is 20.3. The summed E-state index contributed by atoms with van der Waals surface area (Å²) in [4.78, 5) is 25.3. The van der Waals surface area contributed by atoms with Gasteiger partial charge >= 0.3 is 5.97 Å². The minimum absolute atomic E-state index is 0.0670. The Labute approximate surface area is 176 Å². The highest BCUT2D eigenvalue weighted by molar-refractivity contribution is 6.11. The summed E-state index contributed by atoms with van der Waals surface area (Å²) in [6.45, 7) is 4.75. The van der Waals surface area contributed by atoms with Crippen LogP contribution in [0.4, 0.5) is 0 Å². The van der Waals surface area contributed by atoms with Crippen LogP contribution < -0.4 is 10.3 Å². The number of fused-ring (bicyclic) bond motifs is 3. The number of para-hydroxylation sites is 1. The van der Waals surface area contributed by atoms with Crippen molar-refractivity contribution >= 4 is 22.7 Å². The third-order valence-corrected chi connectivity index (χ3v) is 6.35. The summed E-state index contributed by atoms with van der Waals surface area (Å²) in [6.07, 6.45) is 5.55. The molecule has 0 bridgehead atoms. The second-order valence-electron chi connectivity index (χ2n) is 8.19. The summed E-state index contributed by atoms with van der Waals surface area (Å²) in [7, 11) is 2.04. The number of ketones is 1. The lowest BCUT2D eigenvalue weighted by Crippen LogP contribution is -2.39. The molecule has 0 spiro atoms. The average molecular weight is 410 g/mol. The van der Waals surface area contributed by atoms with E-state index in [1.807, 2.05) is 49.1 Å². The number of nitrogens with zero attached hydrogens (tertiary/aromatic N) is 3. The van der Waals surface area contributed by atoms with Gasteiger partial charge in [0.05, 0.1) is 11.8 Å². The van der Waals surface area contributed by atoms with E-state index in [2.05, 4.69) is 15.2 Å². The van der Waals surface area contributed by atoms with Crippen molar-refractivity contribution in [3.63, 3.8) is 0 Å². The SMILES string of the molecule is Cc1n(CC2CCc3c(c4ccccc4n3C)C2=O)cc[n+]1COC(=O)C(C)CN. The zero-order valence-electron chi connectivity index (χ0n) is 17.8. The van der Waals surface area contributed by atoms with E-state index in [1.54, 1.807) is 6.92 Å². The fraction of sp³-hybridized carbons (Fsp3) is 0.435. The van der Waals surface area contributed by atoms with Gasteiger partial charge in [0.25, 0.3) is 5.82 Å². The first-order valence-electron chi connectivity index (χ1n) is 10.4. The maximum atomic E-state index is 13.4. The Balaban J connectivity index is 1.51. The van der Waals surface area contributed by atoms with E-state index in [4.69, 9.17) is 10.5 Å². The van der Waals surface area contributed by atoms with E-state index < -0.39 is 0 Å². The molecule has 2 unspecified atom stereocenters. The van der Waals surface area contributed by atoms with Gasteiger partial charge in [-0.15, -0.1) is 0 Å². The second kappa shape index (κ2) is 8.07. The second-order valence-corrected chi connectivity index (χ2v) is 8.19. The minimum atomic E-state index is -0.317. The van der Waals surface area contributed by atoms with Crippen LogP contribution in [0.25, 0.3) is 10.9 Å². The fourth-order valence-corrected chi connectivity index (χ4v) is 4.31. The van der Waals surface area contributed by atoms with Crippen LogP contribution in [0, 0.1) is 18.8 Å². The van der Waals surface area contributed by atoms with Gasteiger partial charge < -0.3 is 15.0 Å². The van der Waals surface area contributed by atoms with Gasteiger partial charge in [0.1, 0.15) is 18.9 Å². The van der Waals surface area contributed by atoms with Gasteiger partial charge in [-0.1, -0.05) is 25.1 Å². The molecule has 1 aliphatic carbocycles. The number of esters is 1. The number of rotatable bonds is 6. The molecular weight excluding hydrogens is 380 g/mol. The summed E-state index contributed by atoms with van der Waals surface area (Å²) in [5.41, 5.74) is 8.65. The monoisotopic (exact) mass is 409 g/mol.